The molecule has 0 radical (unpaired) electrons. The van der Waals surface area contributed by atoms with E-state index in [-0.39, 0.29) is 0 Å². The second-order valence-corrected chi connectivity index (χ2v) is 4.68. The van der Waals surface area contributed by atoms with Crippen LogP contribution in [0, 0.1) is 5.82 Å². The molecule has 0 saturated carbocycles. The highest BCUT2D eigenvalue weighted by atomic mass is 79.9. The lowest BCUT2D eigenvalue weighted by atomic mass is 10.1. The van der Waals surface area contributed by atoms with Crippen LogP contribution in [0.5, 0.6) is 5.75 Å². The highest BCUT2D eigenvalue weighted by Gasteiger charge is 2.20. The first-order valence-electron chi connectivity index (χ1n) is 4.84. The molecule has 0 aliphatic rings. The van der Waals surface area contributed by atoms with Gasteiger partial charge < -0.3 is 9.15 Å². The van der Waals surface area contributed by atoms with Crippen LogP contribution in [0.2, 0.25) is 0 Å². The maximum Gasteiger partial charge on any atom is 0.141 e. The van der Waals surface area contributed by atoms with Gasteiger partial charge in [-0.2, -0.15) is 0 Å². The van der Waals surface area contributed by atoms with Gasteiger partial charge >= 0.3 is 0 Å². The molecule has 0 spiro atoms. The number of benzene rings is 1. The van der Waals surface area contributed by atoms with Crippen molar-refractivity contribution < 1.29 is 13.5 Å². The van der Waals surface area contributed by atoms with Crippen molar-refractivity contribution in [2.24, 2.45) is 0 Å². The Kier molecular flexibility index (Phi) is 3.74. The predicted octanol–water partition coefficient (Wildman–Crippen LogP) is 4.52. The summed E-state index contributed by atoms with van der Waals surface area (Å²) in [5.74, 6) is 0.583. The molecular weight excluding hydrogens is 310 g/mol. The summed E-state index contributed by atoms with van der Waals surface area (Å²) < 4.78 is 24.0. The second kappa shape index (κ2) is 5.10. The first kappa shape index (κ1) is 12.5. The second-order valence-electron chi connectivity index (χ2n) is 3.39. The van der Waals surface area contributed by atoms with Gasteiger partial charge in [0.05, 0.1) is 17.8 Å². The highest BCUT2D eigenvalue weighted by molar-refractivity contribution is 9.10. The third-order valence-corrected chi connectivity index (χ3v) is 3.40. The molecule has 1 aromatic heterocycles. The molecular formula is C12H9BrClFO2. The molecule has 0 fully saturated rings. The third-order valence-electron chi connectivity index (χ3n) is 2.34. The number of furan rings is 1. The van der Waals surface area contributed by atoms with Gasteiger partial charge in [-0.15, -0.1) is 11.6 Å². The van der Waals surface area contributed by atoms with Crippen LogP contribution in [0.4, 0.5) is 4.39 Å². The number of ether oxygens (including phenoxy) is 1. The van der Waals surface area contributed by atoms with Gasteiger partial charge in [0.25, 0.3) is 0 Å². The first-order chi connectivity index (χ1) is 8.13. The van der Waals surface area contributed by atoms with Crippen LogP contribution in [0.25, 0.3) is 0 Å². The maximum atomic E-state index is 13.4. The predicted molar refractivity (Wildman–Crippen MR) is 67.1 cm³/mol. The van der Waals surface area contributed by atoms with Gasteiger partial charge in [-0.25, -0.2) is 4.39 Å². The Labute approximate surface area is 111 Å². The molecule has 0 amide bonds. The molecule has 0 aliphatic carbocycles. The van der Waals surface area contributed by atoms with E-state index in [1.165, 1.54) is 19.4 Å². The zero-order valence-corrected chi connectivity index (χ0v) is 11.3. The Morgan fingerprint density at radius 3 is 2.82 bits per heavy atom. The maximum absolute atomic E-state index is 13.4. The van der Waals surface area contributed by atoms with E-state index in [2.05, 4.69) is 15.9 Å². The van der Waals surface area contributed by atoms with Gasteiger partial charge in [0.1, 0.15) is 22.7 Å². The molecule has 0 bridgehead atoms. The molecule has 1 unspecified atom stereocenters. The minimum atomic E-state index is -0.517. The van der Waals surface area contributed by atoms with E-state index in [1.54, 1.807) is 18.2 Å². The summed E-state index contributed by atoms with van der Waals surface area (Å²) in [5.41, 5.74) is 0.650. The minimum absolute atomic E-state index is 0.338. The van der Waals surface area contributed by atoms with E-state index in [0.29, 0.717) is 21.5 Å². The van der Waals surface area contributed by atoms with Gasteiger partial charge in [-0.1, -0.05) is 0 Å². The smallest absolute Gasteiger partial charge is 0.141 e. The summed E-state index contributed by atoms with van der Waals surface area (Å²) in [4.78, 5) is 0. The fraction of sp³-hybridized carbons (Fsp3) is 0.167. The van der Waals surface area contributed by atoms with E-state index in [1.807, 2.05) is 0 Å². The van der Waals surface area contributed by atoms with Crippen LogP contribution >= 0.6 is 27.5 Å². The molecule has 0 saturated heterocycles. The largest absolute Gasteiger partial charge is 0.496 e. The normalized spacial score (nSPS) is 12.5. The zero-order chi connectivity index (χ0) is 12.4. The van der Waals surface area contributed by atoms with Crippen LogP contribution in [-0.4, -0.2) is 7.11 Å². The fourth-order valence-electron chi connectivity index (χ4n) is 1.51. The average molecular weight is 320 g/mol. The number of rotatable bonds is 3. The molecule has 0 N–H and O–H groups in total. The molecule has 1 heterocycles. The molecule has 2 nitrogen and oxygen atoms in total. The van der Waals surface area contributed by atoms with E-state index >= 15 is 0 Å². The molecule has 2 aromatic rings. The number of hydrogen-bond donors (Lipinski definition) is 0. The zero-order valence-electron chi connectivity index (χ0n) is 8.91. The van der Waals surface area contributed by atoms with E-state index in [9.17, 15) is 4.39 Å². The summed E-state index contributed by atoms with van der Waals surface area (Å²) >= 11 is 9.39. The quantitative estimate of drug-likeness (QED) is 0.776. The van der Waals surface area contributed by atoms with Crippen LogP contribution < -0.4 is 4.74 Å². The van der Waals surface area contributed by atoms with Crippen molar-refractivity contribution >= 4 is 27.5 Å². The summed E-state index contributed by atoms with van der Waals surface area (Å²) in [6.45, 7) is 0. The Balaban J connectivity index is 2.47. The number of halogens is 3. The van der Waals surface area contributed by atoms with Crippen molar-refractivity contribution in [1.29, 1.82) is 0 Å². The number of hydrogen-bond acceptors (Lipinski definition) is 2. The molecule has 1 atom stereocenters. The van der Waals surface area contributed by atoms with Gasteiger partial charge in [-0.05, 0) is 34.1 Å². The fourth-order valence-corrected chi connectivity index (χ4v) is 2.16. The lowest BCUT2D eigenvalue weighted by Crippen LogP contribution is -1.98. The monoisotopic (exact) mass is 318 g/mol. The summed E-state index contributed by atoms with van der Waals surface area (Å²) in [7, 11) is 1.47. The van der Waals surface area contributed by atoms with Gasteiger partial charge in [0, 0.05) is 11.6 Å². The summed E-state index contributed by atoms with van der Waals surface area (Å²) in [5, 5.41) is -0.517. The molecule has 2 rings (SSSR count). The molecule has 0 aliphatic heterocycles. The lowest BCUT2D eigenvalue weighted by Gasteiger charge is -2.13. The topological polar surface area (TPSA) is 22.4 Å². The SMILES string of the molecule is COc1cc(F)c(Br)cc1C(Cl)c1ccco1. The van der Waals surface area contributed by atoms with Crippen LogP contribution in [0.15, 0.2) is 39.4 Å². The van der Waals surface area contributed by atoms with Crippen molar-refractivity contribution in [3.8, 4) is 5.75 Å². The van der Waals surface area contributed by atoms with Crippen LogP contribution in [0.3, 0.4) is 0 Å². The van der Waals surface area contributed by atoms with Gasteiger partial charge in [-0.3, -0.25) is 0 Å². The first-order valence-corrected chi connectivity index (χ1v) is 6.07. The summed E-state index contributed by atoms with van der Waals surface area (Å²) in [6, 6.07) is 6.39. The number of methoxy groups -OCH3 is 1. The van der Waals surface area contributed by atoms with Crippen molar-refractivity contribution in [3.05, 3.63) is 52.1 Å². The van der Waals surface area contributed by atoms with Crippen LogP contribution in [0.1, 0.15) is 16.7 Å². The molecule has 5 heteroatoms. The standard InChI is InChI=1S/C12H9BrClFO2/c1-16-11-6-9(15)8(13)5-7(11)12(14)10-3-2-4-17-10/h2-6,12H,1H3. The Morgan fingerprint density at radius 2 is 2.24 bits per heavy atom. The number of alkyl halides is 1. The van der Waals surface area contributed by atoms with Crippen molar-refractivity contribution in [2.75, 3.05) is 7.11 Å². The van der Waals surface area contributed by atoms with E-state index in [4.69, 9.17) is 20.8 Å². The third kappa shape index (κ3) is 2.48. The van der Waals surface area contributed by atoms with Gasteiger partial charge in [0.2, 0.25) is 0 Å². The van der Waals surface area contributed by atoms with Gasteiger partial charge in [0.15, 0.2) is 0 Å². The van der Waals surface area contributed by atoms with E-state index < -0.39 is 11.2 Å². The molecule has 17 heavy (non-hydrogen) atoms. The Bertz CT molecular complexity index is 513. The molecule has 90 valence electrons. The van der Waals surface area contributed by atoms with Crippen LogP contribution in [-0.2, 0) is 0 Å². The molecule has 1 aromatic carbocycles. The lowest BCUT2D eigenvalue weighted by molar-refractivity contribution is 0.404. The summed E-state index contributed by atoms with van der Waals surface area (Å²) in [6.07, 6.45) is 1.54. The van der Waals surface area contributed by atoms with Crippen molar-refractivity contribution in [3.63, 3.8) is 0 Å². The average Bonchev–Trinajstić information content (AvgIpc) is 2.84. The van der Waals surface area contributed by atoms with Crippen molar-refractivity contribution in [2.45, 2.75) is 5.38 Å². The minimum Gasteiger partial charge on any atom is -0.496 e. The highest BCUT2D eigenvalue weighted by Crippen LogP contribution is 2.37. The van der Waals surface area contributed by atoms with Crippen molar-refractivity contribution in [1.82, 2.24) is 0 Å². The van der Waals surface area contributed by atoms with E-state index in [0.717, 1.165) is 0 Å². The Morgan fingerprint density at radius 1 is 1.47 bits per heavy atom. The Hall–Kier alpha value is -1.00.